The van der Waals surface area contributed by atoms with Crippen molar-refractivity contribution in [2.45, 2.75) is 18.9 Å². The Morgan fingerprint density at radius 1 is 1.40 bits per heavy atom. The van der Waals surface area contributed by atoms with Gasteiger partial charge in [0.2, 0.25) is 5.91 Å². The molecule has 8 nitrogen and oxygen atoms in total. The summed E-state index contributed by atoms with van der Waals surface area (Å²) in [6, 6.07) is -1.24. The maximum atomic E-state index is 10.5. The molecule has 0 bridgehead atoms. The summed E-state index contributed by atoms with van der Waals surface area (Å²) in [5.74, 6) is -2.89. The second-order valence-electron chi connectivity index (χ2n) is 2.83. The van der Waals surface area contributed by atoms with Crippen LogP contribution in [0.15, 0.2) is 0 Å². The zero-order valence-electron chi connectivity index (χ0n) is 7.71. The molecule has 15 heavy (non-hydrogen) atoms. The number of nitrogens with one attached hydrogen (secondary N) is 1. The second-order valence-corrected chi connectivity index (χ2v) is 4.28. The Morgan fingerprint density at radius 2 is 1.93 bits per heavy atom. The number of aliphatic carboxylic acids is 1. The molecule has 0 aliphatic rings. The van der Waals surface area contributed by atoms with Gasteiger partial charge in [0.05, 0.1) is 0 Å². The van der Waals surface area contributed by atoms with E-state index in [1.54, 1.807) is 0 Å². The molecular weight excluding hydrogens is 228 g/mol. The van der Waals surface area contributed by atoms with Gasteiger partial charge in [-0.1, -0.05) is 0 Å². The number of carbonyl (C=O) groups excluding carboxylic acids is 1. The van der Waals surface area contributed by atoms with Gasteiger partial charge in [-0.2, -0.15) is 8.42 Å². The van der Waals surface area contributed by atoms with Crippen molar-refractivity contribution in [3.63, 3.8) is 0 Å². The number of carbonyl (C=O) groups is 2. The molecule has 0 aromatic rings. The van der Waals surface area contributed by atoms with E-state index in [0.29, 0.717) is 0 Å². The summed E-state index contributed by atoms with van der Waals surface area (Å²) in [5, 5.41) is 10.7. The molecule has 1 atom stereocenters. The van der Waals surface area contributed by atoms with E-state index in [-0.39, 0.29) is 12.8 Å². The number of primary amides is 1. The van der Waals surface area contributed by atoms with E-state index in [0.717, 1.165) is 0 Å². The Kier molecular flexibility index (Phi) is 5.19. The minimum atomic E-state index is -4.28. The van der Waals surface area contributed by atoms with Crippen LogP contribution in [0.5, 0.6) is 0 Å². The van der Waals surface area contributed by atoms with Crippen molar-refractivity contribution in [3.8, 4) is 0 Å². The summed E-state index contributed by atoms with van der Waals surface area (Å²) in [4.78, 5) is 20.9. The second kappa shape index (κ2) is 5.63. The molecule has 0 heterocycles. The molecule has 0 aliphatic carbocycles. The first-order valence-electron chi connectivity index (χ1n) is 3.92. The van der Waals surface area contributed by atoms with Crippen molar-refractivity contribution in [3.05, 3.63) is 0 Å². The largest absolute Gasteiger partial charge is 0.480 e. The molecule has 0 saturated heterocycles. The van der Waals surface area contributed by atoms with Crippen LogP contribution in [-0.4, -0.2) is 41.9 Å². The number of carboxylic acid groups (broad SMARTS) is 1. The van der Waals surface area contributed by atoms with Crippen molar-refractivity contribution in [2.75, 3.05) is 5.88 Å². The third kappa shape index (κ3) is 7.85. The van der Waals surface area contributed by atoms with Gasteiger partial charge in [-0.05, 0) is 6.42 Å². The minimum absolute atomic E-state index is 0.139. The highest BCUT2D eigenvalue weighted by atomic mass is 32.2. The van der Waals surface area contributed by atoms with Crippen LogP contribution >= 0.6 is 0 Å². The van der Waals surface area contributed by atoms with E-state index in [1.165, 1.54) is 0 Å². The summed E-state index contributed by atoms with van der Waals surface area (Å²) >= 11 is 0. The monoisotopic (exact) mass is 240 g/mol. The minimum Gasteiger partial charge on any atom is -0.480 e. The van der Waals surface area contributed by atoms with Gasteiger partial charge in [-0.3, -0.25) is 19.5 Å². The van der Waals surface area contributed by atoms with Gasteiger partial charge in [-0.15, -0.1) is 0 Å². The van der Waals surface area contributed by atoms with Crippen molar-refractivity contribution in [1.29, 1.82) is 0 Å². The van der Waals surface area contributed by atoms with Crippen LogP contribution in [0.25, 0.3) is 0 Å². The highest BCUT2D eigenvalue weighted by Crippen LogP contribution is 1.97. The van der Waals surface area contributed by atoms with Gasteiger partial charge in [0.25, 0.3) is 10.1 Å². The van der Waals surface area contributed by atoms with Crippen molar-refractivity contribution >= 4 is 22.0 Å². The summed E-state index contributed by atoms with van der Waals surface area (Å²) in [6.45, 7) is 0. The summed E-state index contributed by atoms with van der Waals surface area (Å²) in [5.41, 5.74) is 4.80. The molecule has 9 heteroatoms. The molecular formula is C6H12N2O6S. The number of hydrogen-bond acceptors (Lipinski definition) is 5. The van der Waals surface area contributed by atoms with E-state index in [1.807, 2.05) is 0 Å². The van der Waals surface area contributed by atoms with Gasteiger partial charge in [0.15, 0.2) is 0 Å². The summed E-state index contributed by atoms with van der Waals surface area (Å²) in [7, 11) is -4.28. The number of nitrogens with two attached hydrogens (primary N) is 1. The Bertz CT molecular complexity index is 338. The first kappa shape index (κ1) is 13.8. The molecule has 0 spiro atoms. The third-order valence-corrected chi connectivity index (χ3v) is 2.02. The predicted octanol–water partition coefficient (Wildman–Crippen LogP) is -1.86. The Morgan fingerprint density at radius 3 is 2.27 bits per heavy atom. The molecule has 0 aliphatic heterocycles. The van der Waals surface area contributed by atoms with Crippen molar-refractivity contribution < 1.29 is 27.7 Å². The predicted molar refractivity (Wildman–Crippen MR) is 49.4 cm³/mol. The average molecular weight is 240 g/mol. The molecule has 1 amide bonds. The molecule has 5 N–H and O–H groups in total. The lowest BCUT2D eigenvalue weighted by atomic mass is 10.1. The Hall–Kier alpha value is -1.19. The SMILES string of the molecule is NC(=O)CC[C@@H](NCS(=O)(=O)O)C(=O)O. The first-order chi connectivity index (χ1) is 6.72. The molecule has 0 radical (unpaired) electrons. The molecule has 0 fully saturated rings. The number of amides is 1. The van der Waals surface area contributed by atoms with E-state index in [4.69, 9.17) is 15.4 Å². The van der Waals surface area contributed by atoms with E-state index < -0.39 is 33.9 Å². The summed E-state index contributed by atoms with van der Waals surface area (Å²) < 4.78 is 29.0. The third-order valence-electron chi connectivity index (χ3n) is 1.49. The molecule has 88 valence electrons. The van der Waals surface area contributed by atoms with Crippen LogP contribution in [-0.2, 0) is 19.7 Å². The lowest BCUT2D eigenvalue weighted by molar-refractivity contribution is -0.139. The van der Waals surface area contributed by atoms with E-state index in [2.05, 4.69) is 5.32 Å². The number of hydrogen-bond donors (Lipinski definition) is 4. The van der Waals surface area contributed by atoms with Crippen LogP contribution in [0.4, 0.5) is 0 Å². The maximum absolute atomic E-state index is 10.5. The van der Waals surface area contributed by atoms with Crippen LogP contribution in [0.3, 0.4) is 0 Å². The topological polar surface area (TPSA) is 147 Å². The smallest absolute Gasteiger partial charge is 0.320 e. The van der Waals surface area contributed by atoms with Gasteiger partial charge < -0.3 is 10.8 Å². The fourth-order valence-electron chi connectivity index (χ4n) is 0.805. The van der Waals surface area contributed by atoms with Gasteiger partial charge in [0, 0.05) is 6.42 Å². The number of carboxylic acids is 1. The zero-order chi connectivity index (χ0) is 12.1. The van der Waals surface area contributed by atoms with Crippen molar-refractivity contribution in [2.24, 2.45) is 5.73 Å². The standard InChI is InChI=1S/C6H12N2O6S/c7-5(9)2-1-4(6(10)11)8-3-15(12,13)14/h4,8H,1-3H2,(H2,7,9)(H,10,11)(H,12,13,14)/t4-/m1/s1. The number of rotatable bonds is 7. The van der Waals surface area contributed by atoms with Crippen LogP contribution < -0.4 is 11.1 Å². The van der Waals surface area contributed by atoms with Crippen LogP contribution in [0.2, 0.25) is 0 Å². The molecule has 0 saturated carbocycles. The van der Waals surface area contributed by atoms with Crippen molar-refractivity contribution in [1.82, 2.24) is 5.32 Å². The fourth-order valence-corrected chi connectivity index (χ4v) is 1.22. The molecule has 0 rings (SSSR count). The van der Waals surface area contributed by atoms with E-state index >= 15 is 0 Å². The molecule has 0 unspecified atom stereocenters. The highest BCUT2D eigenvalue weighted by molar-refractivity contribution is 7.85. The quantitative estimate of drug-likeness (QED) is 0.381. The lowest BCUT2D eigenvalue weighted by Crippen LogP contribution is -2.40. The van der Waals surface area contributed by atoms with Gasteiger partial charge in [0.1, 0.15) is 11.9 Å². The average Bonchev–Trinajstić information content (AvgIpc) is 2.00. The molecule has 0 aromatic heterocycles. The van der Waals surface area contributed by atoms with Gasteiger partial charge in [-0.25, -0.2) is 0 Å². The normalized spacial score (nSPS) is 13.4. The maximum Gasteiger partial charge on any atom is 0.320 e. The Balaban J connectivity index is 4.17. The van der Waals surface area contributed by atoms with Crippen LogP contribution in [0.1, 0.15) is 12.8 Å². The van der Waals surface area contributed by atoms with Gasteiger partial charge >= 0.3 is 5.97 Å². The zero-order valence-corrected chi connectivity index (χ0v) is 8.53. The highest BCUT2D eigenvalue weighted by Gasteiger charge is 2.19. The lowest BCUT2D eigenvalue weighted by Gasteiger charge is -2.11. The Labute approximate surface area is 86.2 Å². The van der Waals surface area contributed by atoms with E-state index in [9.17, 15) is 18.0 Å². The first-order valence-corrected chi connectivity index (χ1v) is 5.53. The summed E-state index contributed by atoms with van der Waals surface area (Å²) in [6.07, 6.45) is -0.324. The van der Waals surface area contributed by atoms with Crippen LogP contribution in [0, 0.1) is 0 Å². The molecule has 0 aromatic carbocycles. The fraction of sp³-hybridized carbons (Fsp3) is 0.667.